The molecule has 2 heterocycles. The Morgan fingerprint density at radius 1 is 1.24 bits per heavy atom. The van der Waals surface area contributed by atoms with Gasteiger partial charge in [-0.1, -0.05) is 12.1 Å². The van der Waals surface area contributed by atoms with Crippen LogP contribution in [0, 0.1) is 6.92 Å². The number of nitrogens with one attached hydrogen (secondary N) is 2. The van der Waals surface area contributed by atoms with Gasteiger partial charge in [-0.15, -0.1) is 11.3 Å². The van der Waals surface area contributed by atoms with E-state index in [0.29, 0.717) is 27.8 Å². The number of furan rings is 1. The molecule has 1 aromatic carbocycles. The molecule has 2 amide bonds. The molecule has 0 aliphatic carbocycles. The highest BCUT2D eigenvalue weighted by Crippen LogP contribution is 2.22. The van der Waals surface area contributed by atoms with Gasteiger partial charge in [-0.05, 0) is 41.1 Å². The number of hydrogen-bond acceptors (Lipinski definition) is 5. The number of aryl methyl sites for hydroxylation is 1. The number of rotatable bonds is 5. The van der Waals surface area contributed by atoms with E-state index in [0.717, 1.165) is 4.47 Å². The molecule has 0 aliphatic rings. The molecule has 2 N–H and O–H groups in total. The third kappa shape index (κ3) is 4.34. The van der Waals surface area contributed by atoms with Crippen molar-refractivity contribution in [2.24, 2.45) is 0 Å². The fourth-order valence-electron chi connectivity index (χ4n) is 2.15. The third-order valence-corrected chi connectivity index (χ3v) is 4.86. The van der Waals surface area contributed by atoms with Crippen LogP contribution in [-0.4, -0.2) is 16.8 Å². The topological polar surface area (TPSA) is 84.2 Å². The minimum Gasteiger partial charge on any atom is -0.469 e. The number of aromatic nitrogens is 1. The molecule has 0 fully saturated rings. The molecule has 25 heavy (non-hydrogen) atoms. The molecule has 6 nitrogen and oxygen atoms in total. The first-order valence-corrected chi connectivity index (χ1v) is 9.04. The van der Waals surface area contributed by atoms with Crippen LogP contribution in [0.2, 0.25) is 0 Å². The molecule has 0 bridgehead atoms. The molecular weight excluding hydrogens is 406 g/mol. The first-order chi connectivity index (χ1) is 12.0. The molecule has 3 aromatic rings. The van der Waals surface area contributed by atoms with Crippen molar-refractivity contribution in [2.75, 3.05) is 10.6 Å². The second-order valence-electron chi connectivity index (χ2n) is 5.19. The van der Waals surface area contributed by atoms with Crippen molar-refractivity contribution in [2.45, 2.75) is 13.3 Å². The lowest BCUT2D eigenvalue weighted by Crippen LogP contribution is -2.15. The predicted molar refractivity (Wildman–Crippen MR) is 100.0 cm³/mol. The summed E-state index contributed by atoms with van der Waals surface area (Å²) in [6, 6.07) is 8.97. The van der Waals surface area contributed by atoms with Crippen LogP contribution in [0.15, 0.2) is 50.9 Å². The first-order valence-electron chi connectivity index (χ1n) is 7.37. The summed E-state index contributed by atoms with van der Waals surface area (Å²) in [6.07, 6.45) is 1.59. The van der Waals surface area contributed by atoms with Crippen molar-refractivity contribution in [1.82, 2.24) is 4.98 Å². The van der Waals surface area contributed by atoms with Gasteiger partial charge in [0.05, 0.1) is 29.6 Å². The van der Waals surface area contributed by atoms with E-state index in [9.17, 15) is 9.59 Å². The third-order valence-electron chi connectivity index (χ3n) is 3.37. The van der Waals surface area contributed by atoms with E-state index in [1.54, 1.807) is 18.4 Å². The molecule has 0 radical (unpaired) electrons. The van der Waals surface area contributed by atoms with E-state index in [1.807, 2.05) is 24.3 Å². The van der Waals surface area contributed by atoms with Crippen molar-refractivity contribution in [1.29, 1.82) is 0 Å². The summed E-state index contributed by atoms with van der Waals surface area (Å²) in [5.74, 6) is 0.0765. The molecule has 128 valence electrons. The standard InChI is InChI=1S/C17H14BrN3O3S/c1-10-12(6-7-24-10)16(23)21-17-19-11(9-25-17)8-15(22)20-14-5-3-2-4-13(14)18/h2-7,9H,8H2,1H3,(H,20,22)(H,19,21,23). The zero-order chi connectivity index (χ0) is 17.8. The summed E-state index contributed by atoms with van der Waals surface area (Å²) in [6.45, 7) is 1.72. The molecular formula is C17H14BrN3O3S. The Morgan fingerprint density at radius 2 is 2.04 bits per heavy atom. The van der Waals surface area contributed by atoms with Gasteiger partial charge >= 0.3 is 0 Å². The molecule has 0 spiro atoms. The van der Waals surface area contributed by atoms with Gasteiger partial charge in [0, 0.05) is 9.85 Å². The Morgan fingerprint density at radius 3 is 2.76 bits per heavy atom. The van der Waals surface area contributed by atoms with Crippen molar-refractivity contribution in [3.63, 3.8) is 0 Å². The number of carbonyl (C=O) groups is 2. The summed E-state index contributed by atoms with van der Waals surface area (Å²) in [7, 11) is 0. The van der Waals surface area contributed by atoms with E-state index >= 15 is 0 Å². The Hall–Kier alpha value is -2.45. The van der Waals surface area contributed by atoms with Gasteiger partial charge < -0.3 is 9.73 Å². The Labute approximate surface area is 156 Å². The molecule has 8 heteroatoms. The number of carbonyl (C=O) groups excluding carboxylic acids is 2. The SMILES string of the molecule is Cc1occc1C(=O)Nc1nc(CC(=O)Nc2ccccc2Br)cs1. The Bertz CT molecular complexity index is 919. The van der Waals surface area contributed by atoms with Crippen LogP contribution >= 0.6 is 27.3 Å². The predicted octanol–water partition coefficient (Wildman–Crippen LogP) is 4.24. The van der Waals surface area contributed by atoms with Crippen LogP contribution in [0.5, 0.6) is 0 Å². The van der Waals surface area contributed by atoms with E-state index in [-0.39, 0.29) is 18.2 Å². The summed E-state index contributed by atoms with van der Waals surface area (Å²) in [5.41, 5.74) is 1.75. The second-order valence-corrected chi connectivity index (χ2v) is 6.91. The lowest BCUT2D eigenvalue weighted by Gasteiger charge is -2.05. The average molecular weight is 420 g/mol. The van der Waals surface area contributed by atoms with Crippen LogP contribution in [0.3, 0.4) is 0 Å². The van der Waals surface area contributed by atoms with Gasteiger partial charge in [0.25, 0.3) is 5.91 Å². The molecule has 2 aromatic heterocycles. The number of thiazole rings is 1. The lowest BCUT2D eigenvalue weighted by atomic mass is 10.2. The quantitative estimate of drug-likeness (QED) is 0.647. The fourth-order valence-corrected chi connectivity index (χ4v) is 3.24. The number of para-hydroxylation sites is 1. The smallest absolute Gasteiger partial charge is 0.260 e. The van der Waals surface area contributed by atoms with Crippen LogP contribution < -0.4 is 10.6 Å². The number of anilines is 2. The molecule has 0 atom stereocenters. The van der Waals surface area contributed by atoms with Crippen LogP contribution in [-0.2, 0) is 11.2 Å². The van der Waals surface area contributed by atoms with Crippen molar-refractivity contribution < 1.29 is 14.0 Å². The lowest BCUT2D eigenvalue weighted by molar-refractivity contribution is -0.115. The number of amides is 2. The van der Waals surface area contributed by atoms with Gasteiger partial charge in [0.1, 0.15) is 5.76 Å². The maximum Gasteiger partial charge on any atom is 0.260 e. The summed E-state index contributed by atoms with van der Waals surface area (Å²) in [5, 5.41) is 7.71. The van der Waals surface area contributed by atoms with E-state index < -0.39 is 0 Å². The van der Waals surface area contributed by atoms with Crippen LogP contribution in [0.1, 0.15) is 21.8 Å². The first kappa shape index (κ1) is 17.4. The zero-order valence-corrected chi connectivity index (χ0v) is 15.6. The Balaban J connectivity index is 1.60. The second kappa shape index (κ2) is 7.62. The van der Waals surface area contributed by atoms with Gasteiger partial charge in [0.15, 0.2) is 5.13 Å². The summed E-state index contributed by atoms with van der Waals surface area (Å²) in [4.78, 5) is 28.5. The zero-order valence-electron chi connectivity index (χ0n) is 13.2. The van der Waals surface area contributed by atoms with Gasteiger partial charge in [-0.2, -0.15) is 0 Å². The maximum absolute atomic E-state index is 12.1. The van der Waals surface area contributed by atoms with E-state index in [1.165, 1.54) is 17.6 Å². The van der Waals surface area contributed by atoms with Gasteiger partial charge in [-0.3, -0.25) is 14.9 Å². The van der Waals surface area contributed by atoms with Crippen molar-refractivity contribution >= 4 is 49.9 Å². The summed E-state index contributed by atoms with van der Waals surface area (Å²) >= 11 is 4.65. The van der Waals surface area contributed by atoms with Crippen molar-refractivity contribution in [3.8, 4) is 0 Å². The monoisotopic (exact) mass is 419 g/mol. The average Bonchev–Trinajstić information content (AvgIpc) is 3.18. The van der Waals surface area contributed by atoms with Gasteiger partial charge in [-0.25, -0.2) is 4.98 Å². The Kier molecular flexibility index (Phi) is 5.30. The number of halogens is 1. The fraction of sp³-hybridized carbons (Fsp3) is 0.118. The minimum absolute atomic E-state index is 0.123. The highest BCUT2D eigenvalue weighted by Gasteiger charge is 2.14. The number of nitrogens with zero attached hydrogens (tertiary/aromatic N) is 1. The molecule has 0 aliphatic heterocycles. The van der Waals surface area contributed by atoms with E-state index in [4.69, 9.17) is 4.42 Å². The maximum atomic E-state index is 12.1. The van der Waals surface area contributed by atoms with E-state index in [2.05, 4.69) is 31.5 Å². The molecule has 3 rings (SSSR count). The van der Waals surface area contributed by atoms with Crippen LogP contribution in [0.25, 0.3) is 0 Å². The van der Waals surface area contributed by atoms with Gasteiger partial charge in [0.2, 0.25) is 5.91 Å². The van der Waals surface area contributed by atoms with Crippen molar-refractivity contribution in [3.05, 3.63) is 63.5 Å². The highest BCUT2D eigenvalue weighted by molar-refractivity contribution is 9.10. The summed E-state index contributed by atoms with van der Waals surface area (Å²) < 4.78 is 5.92. The molecule has 0 saturated heterocycles. The van der Waals surface area contributed by atoms with Crippen LogP contribution in [0.4, 0.5) is 10.8 Å². The highest BCUT2D eigenvalue weighted by atomic mass is 79.9. The number of hydrogen-bond donors (Lipinski definition) is 2. The minimum atomic E-state index is -0.287. The molecule has 0 unspecified atom stereocenters. The number of benzene rings is 1. The molecule has 0 saturated carbocycles. The largest absolute Gasteiger partial charge is 0.469 e. The normalized spacial score (nSPS) is 10.5.